The summed E-state index contributed by atoms with van der Waals surface area (Å²) < 4.78 is 28.4. The maximum absolute atomic E-state index is 13.5. The summed E-state index contributed by atoms with van der Waals surface area (Å²) in [5.41, 5.74) is 3.36. The van der Waals surface area contributed by atoms with E-state index >= 15 is 0 Å². The molecule has 3 aromatic rings. The molecule has 5 nitrogen and oxygen atoms in total. The zero-order chi connectivity index (χ0) is 20.0. The number of nitrogens with zero attached hydrogens (tertiary/aromatic N) is 2. The van der Waals surface area contributed by atoms with Gasteiger partial charge >= 0.3 is 0 Å². The van der Waals surface area contributed by atoms with Crippen LogP contribution in [0.25, 0.3) is 11.1 Å². The summed E-state index contributed by atoms with van der Waals surface area (Å²) in [5, 5.41) is 0. The fourth-order valence-corrected chi connectivity index (χ4v) is 5.85. The second-order valence-corrected chi connectivity index (χ2v) is 9.21. The largest absolute Gasteiger partial charge is 0.318 e. The van der Waals surface area contributed by atoms with Gasteiger partial charge < -0.3 is 4.90 Å². The zero-order valence-electron chi connectivity index (χ0n) is 15.7. The molecule has 1 amide bonds. The number of benzene rings is 3. The first-order chi connectivity index (χ1) is 14.1. The summed E-state index contributed by atoms with van der Waals surface area (Å²) >= 11 is 0. The van der Waals surface area contributed by atoms with Crippen LogP contribution in [0.1, 0.15) is 28.5 Å². The Morgan fingerprint density at radius 3 is 2.17 bits per heavy atom. The van der Waals surface area contributed by atoms with E-state index in [2.05, 4.69) is 0 Å². The Labute approximate surface area is 170 Å². The van der Waals surface area contributed by atoms with Crippen LogP contribution in [0.2, 0.25) is 0 Å². The Hall–Kier alpha value is -2.96. The number of hydrogen-bond donors (Lipinski definition) is 0. The van der Waals surface area contributed by atoms with Crippen LogP contribution < -0.4 is 0 Å². The molecule has 0 spiro atoms. The molecule has 2 aliphatic heterocycles. The van der Waals surface area contributed by atoms with Crippen molar-refractivity contribution in [2.24, 2.45) is 0 Å². The van der Waals surface area contributed by atoms with E-state index in [1.807, 2.05) is 60.7 Å². The molecule has 0 bridgehead atoms. The molecule has 1 unspecified atom stereocenters. The third-order valence-corrected chi connectivity index (χ3v) is 7.51. The van der Waals surface area contributed by atoms with Gasteiger partial charge in [-0.3, -0.25) is 4.79 Å². The minimum absolute atomic E-state index is 0.0927. The normalized spacial score (nSPS) is 19.1. The first-order valence-corrected chi connectivity index (χ1v) is 11.1. The standard InChI is InChI=1S/C23H20N2O3S/c26-23-21-10-5-4-9-20(21)22-24(23)15-6-16-25(22)29(27,28)19-13-11-18(12-14-19)17-7-2-1-3-8-17/h1-5,7-14,22H,6,15-16H2. The average molecular weight is 404 g/mol. The molecule has 0 aromatic heterocycles. The van der Waals surface area contributed by atoms with Crippen molar-refractivity contribution in [1.29, 1.82) is 0 Å². The van der Waals surface area contributed by atoms with E-state index < -0.39 is 16.2 Å². The molecule has 0 aliphatic carbocycles. The lowest BCUT2D eigenvalue weighted by molar-refractivity contribution is 0.0470. The minimum atomic E-state index is -3.74. The highest BCUT2D eigenvalue weighted by molar-refractivity contribution is 7.89. The topological polar surface area (TPSA) is 57.7 Å². The van der Waals surface area contributed by atoms with Crippen molar-refractivity contribution >= 4 is 15.9 Å². The molecule has 0 radical (unpaired) electrons. The second-order valence-electron chi connectivity index (χ2n) is 7.32. The van der Waals surface area contributed by atoms with Crippen LogP contribution in [0.5, 0.6) is 0 Å². The first-order valence-electron chi connectivity index (χ1n) is 9.64. The number of fused-ring (bicyclic) bond motifs is 3. The molecule has 29 heavy (non-hydrogen) atoms. The molecular weight excluding hydrogens is 384 g/mol. The van der Waals surface area contributed by atoms with Crippen molar-refractivity contribution in [3.63, 3.8) is 0 Å². The quantitative estimate of drug-likeness (QED) is 0.665. The molecule has 1 fully saturated rings. The van der Waals surface area contributed by atoms with Crippen LogP contribution in [0, 0.1) is 0 Å². The highest BCUT2D eigenvalue weighted by Crippen LogP contribution is 2.41. The van der Waals surface area contributed by atoms with E-state index in [1.54, 1.807) is 23.1 Å². The SMILES string of the molecule is O=C1c2ccccc2C2N1CCCN2S(=O)(=O)c1ccc(-c2ccccc2)cc1. The van der Waals surface area contributed by atoms with E-state index in [9.17, 15) is 13.2 Å². The van der Waals surface area contributed by atoms with Crippen LogP contribution in [0.15, 0.2) is 83.8 Å². The third-order valence-electron chi connectivity index (χ3n) is 5.64. The highest BCUT2D eigenvalue weighted by atomic mass is 32.2. The maximum Gasteiger partial charge on any atom is 0.255 e. The Kier molecular flexibility index (Phi) is 4.26. The van der Waals surface area contributed by atoms with Crippen LogP contribution in [-0.4, -0.2) is 36.6 Å². The summed E-state index contributed by atoms with van der Waals surface area (Å²) in [4.78, 5) is 14.7. The minimum Gasteiger partial charge on any atom is -0.318 e. The van der Waals surface area contributed by atoms with E-state index in [0.717, 1.165) is 16.7 Å². The fourth-order valence-electron chi connectivity index (χ4n) is 4.24. The number of hydrogen-bond acceptors (Lipinski definition) is 3. The summed E-state index contributed by atoms with van der Waals surface area (Å²) in [6.45, 7) is 0.961. The van der Waals surface area contributed by atoms with Crippen LogP contribution in [-0.2, 0) is 10.0 Å². The Morgan fingerprint density at radius 1 is 0.759 bits per heavy atom. The molecule has 1 atom stereocenters. The van der Waals surface area contributed by atoms with Crippen molar-refractivity contribution in [2.45, 2.75) is 17.5 Å². The predicted molar refractivity (Wildman–Crippen MR) is 111 cm³/mol. The first kappa shape index (κ1) is 18.1. The van der Waals surface area contributed by atoms with E-state index in [-0.39, 0.29) is 10.8 Å². The molecule has 6 heteroatoms. The molecule has 146 valence electrons. The molecule has 1 saturated heterocycles. The molecule has 5 rings (SSSR count). The van der Waals surface area contributed by atoms with E-state index in [0.29, 0.717) is 25.1 Å². The lowest BCUT2D eigenvalue weighted by atomic mass is 10.1. The second kappa shape index (κ2) is 6.83. The Balaban J connectivity index is 1.52. The zero-order valence-corrected chi connectivity index (χ0v) is 16.5. The molecule has 2 heterocycles. The molecule has 0 saturated carbocycles. The average Bonchev–Trinajstić information content (AvgIpc) is 3.07. The van der Waals surface area contributed by atoms with Crippen molar-refractivity contribution in [3.05, 3.63) is 90.0 Å². The Bertz CT molecular complexity index is 1170. The van der Waals surface area contributed by atoms with Crippen molar-refractivity contribution < 1.29 is 13.2 Å². The lowest BCUT2D eigenvalue weighted by Gasteiger charge is -2.39. The van der Waals surface area contributed by atoms with Crippen molar-refractivity contribution in [1.82, 2.24) is 9.21 Å². The van der Waals surface area contributed by atoms with Gasteiger partial charge in [0.2, 0.25) is 10.0 Å². The molecular formula is C23H20N2O3S. The van der Waals surface area contributed by atoms with Gasteiger partial charge in [0.05, 0.1) is 4.90 Å². The van der Waals surface area contributed by atoms with Gasteiger partial charge in [0.1, 0.15) is 6.17 Å². The molecule has 2 aliphatic rings. The number of sulfonamides is 1. The summed E-state index contributed by atoms with van der Waals surface area (Å²) in [6.07, 6.45) is 0.0589. The maximum atomic E-state index is 13.5. The smallest absolute Gasteiger partial charge is 0.255 e. The van der Waals surface area contributed by atoms with Gasteiger partial charge in [0.15, 0.2) is 0 Å². The monoisotopic (exact) mass is 404 g/mol. The van der Waals surface area contributed by atoms with Crippen LogP contribution in [0.4, 0.5) is 0 Å². The van der Waals surface area contributed by atoms with Crippen molar-refractivity contribution in [3.8, 4) is 11.1 Å². The van der Waals surface area contributed by atoms with Gasteiger partial charge in [-0.05, 0) is 35.7 Å². The van der Waals surface area contributed by atoms with Gasteiger partial charge in [-0.25, -0.2) is 8.42 Å². The van der Waals surface area contributed by atoms with Gasteiger partial charge in [-0.15, -0.1) is 0 Å². The molecule has 0 N–H and O–H groups in total. The number of carbonyl (C=O) groups excluding carboxylic acids is 1. The van der Waals surface area contributed by atoms with E-state index in [1.165, 1.54) is 4.31 Å². The van der Waals surface area contributed by atoms with Crippen LogP contribution >= 0.6 is 0 Å². The highest BCUT2D eigenvalue weighted by Gasteiger charge is 2.46. The van der Waals surface area contributed by atoms with Crippen LogP contribution in [0.3, 0.4) is 0 Å². The summed E-state index contributed by atoms with van der Waals surface area (Å²) in [5.74, 6) is -0.0927. The van der Waals surface area contributed by atoms with Gasteiger partial charge in [-0.1, -0.05) is 60.7 Å². The number of rotatable bonds is 3. The van der Waals surface area contributed by atoms with Gasteiger partial charge in [0.25, 0.3) is 5.91 Å². The molecule has 3 aromatic carbocycles. The Morgan fingerprint density at radius 2 is 1.41 bits per heavy atom. The van der Waals surface area contributed by atoms with Gasteiger partial charge in [-0.2, -0.15) is 4.31 Å². The summed E-state index contributed by atoms with van der Waals surface area (Å²) in [6, 6.07) is 24.1. The number of carbonyl (C=O) groups is 1. The fraction of sp³-hybridized carbons (Fsp3) is 0.174. The summed E-state index contributed by atoms with van der Waals surface area (Å²) in [7, 11) is -3.74. The lowest BCUT2D eigenvalue weighted by Crippen LogP contribution is -2.48. The van der Waals surface area contributed by atoms with Crippen molar-refractivity contribution in [2.75, 3.05) is 13.1 Å². The third kappa shape index (κ3) is 2.87. The van der Waals surface area contributed by atoms with E-state index in [4.69, 9.17) is 0 Å². The predicted octanol–water partition coefficient (Wildman–Crippen LogP) is 3.90. The van der Waals surface area contributed by atoms with Gasteiger partial charge in [0, 0.05) is 24.2 Å². The number of amides is 1.